The summed E-state index contributed by atoms with van der Waals surface area (Å²) in [6.45, 7) is 2.81. The summed E-state index contributed by atoms with van der Waals surface area (Å²) < 4.78 is 0. The van der Waals surface area contributed by atoms with Crippen LogP contribution in [-0.2, 0) is 0 Å². The van der Waals surface area contributed by atoms with Crippen LogP contribution in [0.4, 0.5) is 0 Å². The van der Waals surface area contributed by atoms with Crippen LogP contribution < -0.4 is 5.32 Å². The van der Waals surface area contributed by atoms with Gasteiger partial charge in [0.05, 0.1) is 0 Å². The highest BCUT2D eigenvalue weighted by Gasteiger charge is 1.92. The molecule has 0 spiro atoms. The van der Waals surface area contributed by atoms with Crippen molar-refractivity contribution in [1.82, 2.24) is 5.32 Å². The van der Waals surface area contributed by atoms with Crippen molar-refractivity contribution in [2.45, 2.75) is 6.92 Å². The fourth-order valence-corrected chi connectivity index (χ4v) is 0.882. The van der Waals surface area contributed by atoms with E-state index in [-0.39, 0.29) is 0 Å². The van der Waals surface area contributed by atoms with Gasteiger partial charge in [0.25, 0.3) is 0 Å². The van der Waals surface area contributed by atoms with Gasteiger partial charge in [0.2, 0.25) is 0 Å². The Balaban J connectivity index is 2.54. The Morgan fingerprint density at radius 2 is 2.55 bits per heavy atom. The Hall–Kier alpha value is -0.890. The van der Waals surface area contributed by atoms with Gasteiger partial charge in [-0.3, -0.25) is 0 Å². The Bertz CT molecular complexity index is 236. The molecule has 58 valence electrons. The Morgan fingerprint density at radius 3 is 3.09 bits per heavy atom. The van der Waals surface area contributed by atoms with Crippen LogP contribution in [0.25, 0.3) is 0 Å². The number of rotatable bonds is 2. The van der Waals surface area contributed by atoms with Crippen molar-refractivity contribution >= 4 is 17.1 Å². The maximum Gasteiger partial charge on any atom is 0.0395 e. The summed E-state index contributed by atoms with van der Waals surface area (Å²) >= 11 is 4.91. The topological polar surface area (TPSA) is 12.0 Å². The highest BCUT2D eigenvalue weighted by Crippen LogP contribution is 2.00. The summed E-state index contributed by atoms with van der Waals surface area (Å²) in [5, 5.41) is 3.12. The van der Waals surface area contributed by atoms with E-state index in [0.717, 1.165) is 11.4 Å². The minimum Gasteiger partial charge on any atom is -0.387 e. The van der Waals surface area contributed by atoms with Gasteiger partial charge in [0, 0.05) is 11.4 Å². The molecule has 0 saturated heterocycles. The van der Waals surface area contributed by atoms with Crippen molar-refractivity contribution in [3.63, 3.8) is 0 Å². The SMILES string of the molecule is CC(=S)C=CC1=CC=CNC1. The molecule has 0 fully saturated rings. The first-order valence-electron chi connectivity index (χ1n) is 3.57. The van der Waals surface area contributed by atoms with Crippen LogP contribution in [0.3, 0.4) is 0 Å². The van der Waals surface area contributed by atoms with Crippen LogP contribution in [0.5, 0.6) is 0 Å². The molecule has 0 amide bonds. The molecule has 0 saturated carbocycles. The third-order valence-corrected chi connectivity index (χ3v) is 1.50. The van der Waals surface area contributed by atoms with E-state index in [1.807, 2.05) is 31.4 Å². The van der Waals surface area contributed by atoms with E-state index in [1.165, 1.54) is 5.57 Å². The Morgan fingerprint density at radius 1 is 1.73 bits per heavy atom. The summed E-state index contributed by atoms with van der Waals surface area (Å²) in [7, 11) is 0. The third kappa shape index (κ3) is 3.14. The summed E-state index contributed by atoms with van der Waals surface area (Å²) in [4.78, 5) is 0.917. The molecule has 0 bridgehead atoms. The van der Waals surface area contributed by atoms with E-state index in [4.69, 9.17) is 12.2 Å². The fraction of sp³-hybridized carbons (Fsp3) is 0.222. The van der Waals surface area contributed by atoms with Crippen LogP contribution in [0, 0.1) is 0 Å². The Kier molecular flexibility index (Phi) is 3.05. The van der Waals surface area contributed by atoms with Gasteiger partial charge >= 0.3 is 0 Å². The second-order valence-electron chi connectivity index (χ2n) is 2.43. The van der Waals surface area contributed by atoms with Crippen molar-refractivity contribution in [3.8, 4) is 0 Å². The normalized spacial score (nSPS) is 16.3. The predicted molar refractivity (Wildman–Crippen MR) is 52.6 cm³/mol. The van der Waals surface area contributed by atoms with Gasteiger partial charge in [-0.05, 0) is 30.8 Å². The zero-order valence-corrected chi connectivity index (χ0v) is 7.32. The summed E-state index contributed by atoms with van der Waals surface area (Å²) in [5.41, 5.74) is 1.26. The molecule has 0 aliphatic carbocycles. The number of hydrogen-bond donors (Lipinski definition) is 1. The zero-order valence-electron chi connectivity index (χ0n) is 6.50. The lowest BCUT2D eigenvalue weighted by molar-refractivity contribution is 0.941. The smallest absolute Gasteiger partial charge is 0.0395 e. The summed E-state index contributed by atoms with van der Waals surface area (Å²) in [5.74, 6) is 0. The van der Waals surface area contributed by atoms with Crippen molar-refractivity contribution in [2.24, 2.45) is 0 Å². The molecule has 11 heavy (non-hydrogen) atoms. The quantitative estimate of drug-likeness (QED) is 0.496. The molecule has 1 nitrogen and oxygen atoms in total. The number of allylic oxidation sites excluding steroid dienone is 3. The first-order chi connectivity index (χ1) is 5.29. The lowest BCUT2D eigenvalue weighted by Gasteiger charge is -2.05. The van der Waals surface area contributed by atoms with Gasteiger partial charge in [-0.2, -0.15) is 0 Å². The zero-order chi connectivity index (χ0) is 8.10. The van der Waals surface area contributed by atoms with E-state index in [0.29, 0.717) is 0 Å². The molecule has 1 aliphatic rings. The van der Waals surface area contributed by atoms with Gasteiger partial charge in [-0.25, -0.2) is 0 Å². The fourth-order valence-electron chi connectivity index (χ4n) is 0.814. The van der Waals surface area contributed by atoms with Crippen LogP contribution in [0.2, 0.25) is 0 Å². The molecule has 2 heteroatoms. The average Bonchev–Trinajstić information content (AvgIpc) is 2.03. The van der Waals surface area contributed by atoms with Crippen LogP contribution in [0.1, 0.15) is 6.92 Å². The maximum atomic E-state index is 4.91. The van der Waals surface area contributed by atoms with E-state index in [1.54, 1.807) is 0 Å². The lowest BCUT2D eigenvalue weighted by atomic mass is 10.2. The molecule has 0 radical (unpaired) electrons. The van der Waals surface area contributed by atoms with E-state index in [2.05, 4.69) is 11.4 Å². The number of nitrogens with one attached hydrogen (secondary N) is 1. The number of dihydropyridines is 1. The molecule has 1 aliphatic heterocycles. The maximum absolute atomic E-state index is 4.91. The highest BCUT2D eigenvalue weighted by molar-refractivity contribution is 7.80. The van der Waals surface area contributed by atoms with E-state index >= 15 is 0 Å². The first-order valence-corrected chi connectivity index (χ1v) is 3.97. The highest BCUT2D eigenvalue weighted by atomic mass is 32.1. The monoisotopic (exact) mass is 165 g/mol. The molecule has 0 atom stereocenters. The number of thiocarbonyl (C=S) groups is 1. The minimum absolute atomic E-state index is 0.898. The van der Waals surface area contributed by atoms with Crippen LogP contribution >= 0.6 is 12.2 Å². The van der Waals surface area contributed by atoms with Crippen molar-refractivity contribution in [2.75, 3.05) is 6.54 Å². The van der Waals surface area contributed by atoms with Crippen LogP contribution in [-0.4, -0.2) is 11.4 Å². The summed E-state index contributed by atoms with van der Waals surface area (Å²) in [6, 6.07) is 0. The average molecular weight is 165 g/mol. The van der Waals surface area contributed by atoms with Gasteiger partial charge in [0.1, 0.15) is 0 Å². The van der Waals surface area contributed by atoms with Crippen molar-refractivity contribution < 1.29 is 0 Å². The number of hydrogen-bond acceptors (Lipinski definition) is 2. The second-order valence-corrected chi connectivity index (χ2v) is 3.07. The lowest BCUT2D eigenvalue weighted by Crippen LogP contribution is -2.11. The molecular formula is C9H11NS. The van der Waals surface area contributed by atoms with Gasteiger partial charge in [-0.1, -0.05) is 24.4 Å². The van der Waals surface area contributed by atoms with Crippen molar-refractivity contribution in [3.05, 3.63) is 36.1 Å². The van der Waals surface area contributed by atoms with Crippen molar-refractivity contribution in [1.29, 1.82) is 0 Å². The molecule has 0 aromatic rings. The molecule has 1 heterocycles. The molecule has 0 aromatic carbocycles. The minimum atomic E-state index is 0.898. The molecule has 1 rings (SSSR count). The van der Waals surface area contributed by atoms with Gasteiger partial charge < -0.3 is 5.32 Å². The molecule has 1 N–H and O–H groups in total. The standard InChI is InChI=1S/C9H11NS/c1-8(11)4-5-9-3-2-6-10-7-9/h2-6,10H,7H2,1H3. The second kappa shape index (κ2) is 4.09. The largest absolute Gasteiger partial charge is 0.387 e. The van der Waals surface area contributed by atoms with Gasteiger partial charge in [-0.15, -0.1) is 0 Å². The molecule has 0 unspecified atom stereocenters. The predicted octanol–water partition coefficient (Wildman–Crippen LogP) is 1.98. The summed E-state index contributed by atoms with van der Waals surface area (Å²) in [6.07, 6.45) is 9.98. The van der Waals surface area contributed by atoms with E-state index < -0.39 is 0 Å². The third-order valence-electron chi connectivity index (χ3n) is 1.36. The Labute approximate surface area is 72.5 Å². The molecule has 0 aromatic heterocycles. The van der Waals surface area contributed by atoms with E-state index in [9.17, 15) is 0 Å². The molecular weight excluding hydrogens is 154 g/mol. The van der Waals surface area contributed by atoms with Gasteiger partial charge in [0.15, 0.2) is 0 Å². The van der Waals surface area contributed by atoms with Crippen LogP contribution in [0.15, 0.2) is 36.1 Å². The first kappa shape index (κ1) is 8.21.